The zero-order valence-corrected chi connectivity index (χ0v) is 72.2. The van der Waals surface area contributed by atoms with E-state index < -0.39 is 0 Å². The topological polar surface area (TPSA) is 129 Å². The highest BCUT2D eigenvalue weighted by atomic mass is 14.9. The van der Waals surface area contributed by atoms with Crippen molar-refractivity contribution in [2.24, 2.45) is 0 Å². The predicted molar refractivity (Wildman–Crippen MR) is 536 cm³/mol. The van der Waals surface area contributed by atoms with Crippen molar-refractivity contribution >= 4 is 32.3 Å². The summed E-state index contributed by atoms with van der Waals surface area (Å²) in [6.45, 7) is 8.04. The van der Waals surface area contributed by atoms with E-state index in [1.807, 2.05) is 155 Å². The van der Waals surface area contributed by atoms with Crippen LogP contribution in [0, 0.1) is 27.7 Å². The first-order chi connectivity index (χ1) is 63.9. The molecule has 0 atom stereocenters. The Labute approximate surface area is 756 Å². The van der Waals surface area contributed by atoms with Crippen LogP contribution in [0.15, 0.2) is 449 Å². The van der Waals surface area contributed by atoms with Crippen molar-refractivity contribution in [3.63, 3.8) is 0 Å². The molecule has 10 nitrogen and oxygen atoms in total. The normalized spacial score (nSPS) is 11.1. The molecule has 616 valence electrons. The summed E-state index contributed by atoms with van der Waals surface area (Å²) >= 11 is 0. The molecule has 0 spiro atoms. The summed E-state index contributed by atoms with van der Waals surface area (Å²) in [4.78, 5) is 49.5. The first kappa shape index (κ1) is 81.3. The number of nitrogens with zero attached hydrogens (tertiary/aromatic N) is 10. The van der Waals surface area contributed by atoms with Crippen LogP contribution in [-0.2, 0) is 0 Å². The molecule has 0 fully saturated rings. The summed E-state index contributed by atoms with van der Waals surface area (Å²) in [5, 5.41) is 7.28. The Balaban J connectivity index is 0.000000123. The number of hydrogen-bond donors (Lipinski definition) is 0. The van der Waals surface area contributed by atoms with Gasteiger partial charge in [-0.1, -0.05) is 328 Å². The fourth-order valence-corrected chi connectivity index (χ4v) is 16.6. The van der Waals surface area contributed by atoms with Gasteiger partial charge in [0, 0.05) is 95.7 Å². The number of aryl methyl sites for hydroxylation is 4. The average Bonchev–Trinajstić information content (AvgIpc) is 0.784. The Kier molecular flexibility index (Phi) is 23.1. The number of pyridine rings is 2. The zero-order chi connectivity index (χ0) is 87.6. The minimum Gasteiger partial charge on any atom is -0.261 e. The summed E-state index contributed by atoms with van der Waals surface area (Å²) in [6.07, 6.45) is 1.94. The minimum atomic E-state index is 0.680. The summed E-state index contributed by atoms with van der Waals surface area (Å²) in [5.41, 5.74) is 32.4. The fraction of sp³-hybridized carbons (Fsp3) is 0.0333. The minimum absolute atomic E-state index is 0.680. The lowest BCUT2D eigenvalue weighted by Gasteiger charge is -2.14. The highest BCUT2D eigenvalue weighted by molar-refractivity contribution is 5.93. The molecule has 6 aromatic heterocycles. The molecule has 0 radical (unpaired) electrons. The summed E-state index contributed by atoms with van der Waals surface area (Å²) in [5.74, 6) is 2.79. The second kappa shape index (κ2) is 37.0. The van der Waals surface area contributed by atoms with Gasteiger partial charge in [0.05, 0.1) is 39.9 Å². The van der Waals surface area contributed by atoms with E-state index in [2.05, 4.69) is 336 Å². The number of aromatic nitrogens is 10. The smallest absolute Gasteiger partial charge is 0.160 e. The van der Waals surface area contributed by atoms with Crippen molar-refractivity contribution in [2.75, 3.05) is 0 Å². The third kappa shape index (κ3) is 18.5. The van der Waals surface area contributed by atoms with Crippen LogP contribution in [0.4, 0.5) is 0 Å². The van der Waals surface area contributed by atoms with Crippen molar-refractivity contribution < 1.29 is 0 Å². The molecule has 0 unspecified atom stereocenters. The molecule has 0 aliphatic carbocycles. The number of rotatable bonds is 16. The fourth-order valence-electron chi connectivity index (χ4n) is 16.6. The standard InChI is InChI=1S/C44H32N4.2C38H27N3/c1-29-23-30(2)46-43(45-29)35-20-17-32(18-21-35)38-25-39(37-22-19-31-11-9-10-16-36(31)24-37)27-40(26-38)44-47-41(33-12-5-3-6-13-33)28-42(48-44)34-14-7-4-8-15-34;1-26-11-10-18-35(39-26)33-22-32(31-20-19-27-12-8-9-17-30(27)21-31)23-34(24-33)38-40-36(28-13-4-2-5-14-28)25-37(41-38)29-15-6-3-7-16-29;1-26-16-17-32(25-39-26)34-21-33(31-19-18-27-10-8-9-15-30(27)20-31)22-35(23-34)38-40-36(28-11-4-2-5-12-28)24-37(41-38)29-13-6-3-7-14-29/h3-28H,1-2H3;2*2-25H,1H3. The molecule has 0 saturated carbocycles. The van der Waals surface area contributed by atoms with E-state index >= 15 is 0 Å². The van der Waals surface area contributed by atoms with Crippen LogP contribution in [0.3, 0.4) is 0 Å². The van der Waals surface area contributed by atoms with Crippen LogP contribution in [0.5, 0.6) is 0 Å². The lowest BCUT2D eigenvalue weighted by Crippen LogP contribution is -1.97. The third-order valence-electron chi connectivity index (χ3n) is 23.3. The van der Waals surface area contributed by atoms with Gasteiger partial charge in [-0.3, -0.25) is 9.97 Å². The highest BCUT2D eigenvalue weighted by Gasteiger charge is 2.21. The summed E-state index contributed by atoms with van der Waals surface area (Å²) < 4.78 is 0. The van der Waals surface area contributed by atoms with E-state index in [0.29, 0.717) is 17.5 Å². The first-order valence-corrected chi connectivity index (χ1v) is 43.7. The second-order valence-corrected chi connectivity index (χ2v) is 32.6. The molecule has 0 saturated heterocycles. The van der Waals surface area contributed by atoms with Crippen molar-refractivity contribution in [1.29, 1.82) is 0 Å². The van der Waals surface area contributed by atoms with Gasteiger partial charge in [-0.25, -0.2) is 39.9 Å². The van der Waals surface area contributed by atoms with E-state index in [1.165, 1.54) is 32.3 Å². The number of fused-ring (bicyclic) bond motifs is 3. The second-order valence-electron chi connectivity index (χ2n) is 32.6. The van der Waals surface area contributed by atoms with Crippen LogP contribution in [0.25, 0.3) is 212 Å². The van der Waals surface area contributed by atoms with Gasteiger partial charge in [0.15, 0.2) is 23.3 Å². The van der Waals surface area contributed by atoms with E-state index in [4.69, 9.17) is 34.9 Å². The van der Waals surface area contributed by atoms with Gasteiger partial charge in [0.2, 0.25) is 0 Å². The van der Waals surface area contributed by atoms with Crippen molar-refractivity contribution in [3.05, 3.63) is 472 Å². The van der Waals surface area contributed by atoms with Gasteiger partial charge in [0.25, 0.3) is 0 Å². The van der Waals surface area contributed by atoms with Crippen LogP contribution in [0.2, 0.25) is 0 Å². The Morgan fingerprint density at radius 3 is 0.723 bits per heavy atom. The van der Waals surface area contributed by atoms with E-state index in [1.54, 1.807) is 0 Å². The Bertz CT molecular complexity index is 7660. The summed E-state index contributed by atoms with van der Waals surface area (Å²) in [6, 6.07) is 154. The van der Waals surface area contributed by atoms with Crippen LogP contribution < -0.4 is 0 Å². The van der Waals surface area contributed by atoms with E-state index in [0.717, 1.165) is 185 Å². The Hall–Kier alpha value is -17.1. The molecule has 16 aromatic carbocycles. The Morgan fingerprint density at radius 2 is 0.392 bits per heavy atom. The largest absolute Gasteiger partial charge is 0.261 e. The molecule has 0 bridgehead atoms. The molecule has 0 N–H and O–H groups in total. The van der Waals surface area contributed by atoms with Gasteiger partial charge in [-0.2, -0.15) is 0 Å². The van der Waals surface area contributed by atoms with E-state index in [-0.39, 0.29) is 0 Å². The maximum Gasteiger partial charge on any atom is 0.160 e. The van der Waals surface area contributed by atoms with Gasteiger partial charge in [-0.15, -0.1) is 0 Å². The van der Waals surface area contributed by atoms with Gasteiger partial charge in [0.1, 0.15) is 0 Å². The van der Waals surface area contributed by atoms with Crippen molar-refractivity contribution in [1.82, 2.24) is 49.8 Å². The molecule has 0 aliphatic rings. The van der Waals surface area contributed by atoms with Gasteiger partial charge < -0.3 is 0 Å². The van der Waals surface area contributed by atoms with Crippen LogP contribution >= 0.6 is 0 Å². The van der Waals surface area contributed by atoms with E-state index in [9.17, 15) is 0 Å². The van der Waals surface area contributed by atoms with Crippen molar-refractivity contribution in [3.8, 4) is 180 Å². The SMILES string of the molecule is Cc1cc(C)nc(-c2ccc(-c3cc(-c4ccc5ccccc5c4)cc(-c4nc(-c5ccccc5)cc(-c5ccccc5)n4)c3)cc2)n1.Cc1ccc(-c2cc(-c3ccc4ccccc4c3)cc(-c3nc(-c4ccccc4)cc(-c4ccccc4)n3)c2)cn1.Cc1cccc(-c2cc(-c3ccc4ccccc4c3)cc(-c3nc(-c4ccccc4)cc(-c4ccccc4)n3)c2)n1. The molecule has 10 heteroatoms. The molecule has 130 heavy (non-hydrogen) atoms. The molecular weight excluding hydrogens is 1580 g/mol. The Morgan fingerprint density at radius 1 is 0.123 bits per heavy atom. The summed E-state index contributed by atoms with van der Waals surface area (Å²) in [7, 11) is 0. The van der Waals surface area contributed by atoms with Gasteiger partial charge in [-0.05, 0) is 225 Å². The van der Waals surface area contributed by atoms with Crippen LogP contribution in [-0.4, -0.2) is 49.8 Å². The molecule has 6 heterocycles. The highest BCUT2D eigenvalue weighted by Crippen LogP contribution is 2.41. The molecule has 22 aromatic rings. The predicted octanol–water partition coefficient (Wildman–Crippen LogP) is 30.4. The molecular formula is C120H86N10. The zero-order valence-electron chi connectivity index (χ0n) is 72.2. The average molecular weight is 1670 g/mol. The monoisotopic (exact) mass is 1670 g/mol. The quantitative estimate of drug-likeness (QED) is 0.0922. The number of hydrogen-bond acceptors (Lipinski definition) is 10. The lowest BCUT2D eigenvalue weighted by atomic mass is 9.94. The maximum atomic E-state index is 5.16. The van der Waals surface area contributed by atoms with Crippen LogP contribution in [0.1, 0.15) is 22.8 Å². The number of benzene rings is 16. The van der Waals surface area contributed by atoms with Crippen molar-refractivity contribution in [2.45, 2.75) is 27.7 Å². The lowest BCUT2D eigenvalue weighted by molar-refractivity contribution is 1.06. The third-order valence-corrected chi connectivity index (χ3v) is 23.3. The van der Waals surface area contributed by atoms with Gasteiger partial charge >= 0.3 is 0 Å². The molecule has 0 aliphatic heterocycles. The molecule has 22 rings (SSSR count). The first-order valence-electron chi connectivity index (χ1n) is 43.7. The maximum absolute atomic E-state index is 5.16. The molecule has 0 amide bonds.